The minimum absolute atomic E-state index is 0.253. The molecule has 0 atom stereocenters. The molecule has 0 amide bonds. The van der Waals surface area contributed by atoms with Gasteiger partial charge in [0.25, 0.3) is 0 Å². The van der Waals surface area contributed by atoms with E-state index in [2.05, 4.69) is 5.09 Å². The summed E-state index contributed by atoms with van der Waals surface area (Å²) in [4.78, 5) is 0. The molecule has 1 aromatic carbocycles. The van der Waals surface area contributed by atoms with Crippen LogP contribution >= 0.6 is 7.75 Å². The number of rotatable bonds is 7. The summed E-state index contributed by atoms with van der Waals surface area (Å²) in [7, 11) is -1.95. The van der Waals surface area contributed by atoms with Crippen LogP contribution in [0.25, 0.3) is 0 Å². The first-order valence-corrected chi connectivity index (χ1v) is 7.38. The Balaban J connectivity index is 3.03. The van der Waals surface area contributed by atoms with E-state index >= 15 is 0 Å². The maximum Gasteiger partial charge on any atom is 0.432 e. The molecule has 1 rings (SSSR count). The molecule has 0 fully saturated rings. The molecular weight excluding hydrogens is 267 g/mol. The van der Waals surface area contributed by atoms with Crippen molar-refractivity contribution >= 4 is 13.4 Å². The monoisotopic (exact) mass is 284 g/mol. The van der Waals surface area contributed by atoms with Crippen molar-refractivity contribution in [1.82, 2.24) is 0 Å². The Morgan fingerprint density at radius 2 is 1.95 bits per heavy atom. The van der Waals surface area contributed by atoms with Gasteiger partial charge in [0.15, 0.2) is 0 Å². The average Bonchev–Trinajstić information content (AvgIpc) is 2.39. The van der Waals surface area contributed by atoms with Gasteiger partial charge < -0.3 is 4.74 Å². The number of nitrogens with zero attached hydrogens (tertiary/aromatic N) is 1. The van der Waals surface area contributed by atoms with E-state index in [1.54, 1.807) is 32.0 Å². The van der Waals surface area contributed by atoms with E-state index in [9.17, 15) is 4.57 Å². The minimum atomic E-state index is -3.42. The zero-order valence-electron chi connectivity index (χ0n) is 11.2. The summed E-state index contributed by atoms with van der Waals surface area (Å²) in [5, 5.41) is 11.5. The maximum absolute atomic E-state index is 12.3. The van der Waals surface area contributed by atoms with Crippen LogP contribution < -0.4 is 9.82 Å². The molecule has 0 radical (unpaired) electrons. The summed E-state index contributed by atoms with van der Waals surface area (Å²) in [6.45, 7) is 3.96. The smallest absolute Gasteiger partial charge is 0.432 e. The van der Waals surface area contributed by atoms with Crippen LogP contribution in [0.2, 0.25) is 0 Å². The van der Waals surface area contributed by atoms with Gasteiger partial charge in [0.05, 0.1) is 37.6 Å². The largest absolute Gasteiger partial charge is 0.495 e. The second-order valence-corrected chi connectivity index (χ2v) is 5.21. The fourth-order valence-corrected chi connectivity index (χ4v) is 2.81. The quantitative estimate of drug-likeness (QED) is 0.774. The Labute approximate surface area is 112 Å². The highest BCUT2D eigenvalue weighted by Gasteiger charge is 2.25. The fourth-order valence-electron chi connectivity index (χ4n) is 1.44. The van der Waals surface area contributed by atoms with Gasteiger partial charge >= 0.3 is 7.75 Å². The van der Waals surface area contributed by atoms with E-state index in [-0.39, 0.29) is 13.2 Å². The molecule has 0 spiro atoms. The molecule has 0 saturated carbocycles. The van der Waals surface area contributed by atoms with Gasteiger partial charge in [-0.3, -0.25) is 14.1 Å². The molecule has 0 aliphatic heterocycles. The number of anilines is 1. The van der Waals surface area contributed by atoms with Crippen molar-refractivity contribution < 1.29 is 18.3 Å². The van der Waals surface area contributed by atoms with Crippen molar-refractivity contribution in [3.63, 3.8) is 0 Å². The number of hydrogen-bond donors (Lipinski definition) is 1. The van der Waals surface area contributed by atoms with Crippen LogP contribution in [-0.2, 0) is 13.6 Å². The Morgan fingerprint density at radius 3 is 2.42 bits per heavy atom. The van der Waals surface area contributed by atoms with Crippen molar-refractivity contribution in [2.75, 3.05) is 25.4 Å². The standard InChI is InChI=1S/C12H17N2O4P/c1-4-17-19(15,18-5-2)14-11-7-6-10(9-13)8-12(11)16-3/h6-8H,4-5H2,1-3H3,(H,14,15). The Bertz CT molecular complexity index is 503. The number of benzene rings is 1. The zero-order chi connectivity index (χ0) is 14.3. The Hall–Kier alpha value is -1.54. The van der Waals surface area contributed by atoms with Crippen LogP contribution in [0.4, 0.5) is 5.69 Å². The molecule has 0 saturated heterocycles. The van der Waals surface area contributed by atoms with E-state index in [4.69, 9.17) is 19.0 Å². The van der Waals surface area contributed by atoms with Crippen LogP contribution in [0, 0.1) is 11.3 Å². The Morgan fingerprint density at radius 1 is 1.32 bits per heavy atom. The van der Waals surface area contributed by atoms with Gasteiger partial charge in [0.1, 0.15) is 5.75 Å². The molecule has 104 valence electrons. The van der Waals surface area contributed by atoms with E-state index in [0.29, 0.717) is 17.0 Å². The molecule has 0 bridgehead atoms. The lowest BCUT2D eigenvalue weighted by molar-refractivity contribution is 0.225. The molecule has 19 heavy (non-hydrogen) atoms. The third kappa shape index (κ3) is 4.25. The average molecular weight is 284 g/mol. The van der Waals surface area contributed by atoms with Gasteiger partial charge in [-0.1, -0.05) is 0 Å². The van der Waals surface area contributed by atoms with Crippen LogP contribution in [0.5, 0.6) is 5.75 Å². The van der Waals surface area contributed by atoms with Crippen molar-refractivity contribution in [3.8, 4) is 11.8 Å². The third-order valence-corrected chi connectivity index (χ3v) is 3.90. The second-order valence-electron chi connectivity index (χ2n) is 3.47. The normalized spacial score (nSPS) is 10.8. The molecule has 6 nitrogen and oxygen atoms in total. The van der Waals surface area contributed by atoms with Crippen molar-refractivity contribution in [1.29, 1.82) is 5.26 Å². The predicted molar refractivity (Wildman–Crippen MR) is 72.2 cm³/mol. The van der Waals surface area contributed by atoms with Crippen molar-refractivity contribution in [2.24, 2.45) is 0 Å². The molecule has 0 heterocycles. The summed E-state index contributed by atoms with van der Waals surface area (Å²) < 4.78 is 27.7. The van der Waals surface area contributed by atoms with E-state index in [1.165, 1.54) is 7.11 Å². The highest BCUT2D eigenvalue weighted by molar-refractivity contribution is 7.55. The summed E-state index contributed by atoms with van der Waals surface area (Å²) in [5.41, 5.74) is 0.900. The minimum Gasteiger partial charge on any atom is -0.495 e. The summed E-state index contributed by atoms with van der Waals surface area (Å²) in [5.74, 6) is 0.402. The predicted octanol–water partition coefficient (Wildman–Crippen LogP) is 3.16. The molecular formula is C12H17N2O4P. The van der Waals surface area contributed by atoms with Gasteiger partial charge in [-0.2, -0.15) is 5.26 Å². The van der Waals surface area contributed by atoms with E-state index in [0.717, 1.165) is 0 Å². The van der Waals surface area contributed by atoms with Gasteiger partial charge in [0, 0.05) is 6.07 Å². The van der Waals surface area contributed by atoms with Crippen LogP contribution in [0.3, 0.4) is 0 Å². The van der Waals surface area contributed by atoms with Crippen LogP contribution in [-0.4, -0.2) is 20.3 Å². The lowest BCUT2D eigenvalue weighted by atomic mass is 10.2. The van der Waals surface area contributed by atoms with Crippen molar-refractivity contribution in [3.05, 3.63) is 23.8 Å². The molecule has 1 aromatic rings. The summed E-state index contributed by atoms with van der Waals surface area (Å²) in [6.07, 6.45) is 0. The van der Waals surface area contributed by atoms with E-state index in [1.807, 2.05) is 6.07 Å². The molecule has 0 aliphatic rings. The number of methoxy groups -OCH3 is 1. The summed E-state index contributed by atoms with van der Waals surface area (Å²) in [6, 6.07) is 6.74. The zero-order valence-corrected chi connectivity index (χ0v) is 12.1. The van der Waals surface area contributed by atoms with Crippen LogP contribution in [0.1, 0.15) is 19.4 Å². The number of nitrogens with one attached hydrogen (secondary N) is 1. The first kappa shape index (κ1) is 15.5. The van der Waals surface area contributed by atoms with Crippen molar-refractivity contribution in [2.45, 2.75) is 13.8 Å². The van der Waals surface area contributed by atoms with Gasteiger partial charge in [-0.15, -0.1) is 0 Å². The molecule has 0 unspecified atom stereocenters. The summed E-state index contributed by atoms with van der Waals surface area (Å²) >= 11 is 0. The highest BCUT2D eigenvalue weighted by Crippen LogP contribution is 2.49. The number of hydrogen-bond acceptors (Lipinski definition) is 5. The van der Waals surface area contributed by atoms with E-state index < -0.39 is 7.75 Å². The highest BCUT2D eigenvalue weighted by atomic mass is 31.2. The molecule has 1 N–H and O–H groups in total. The third-order valence-electron chi connectivity index (χ3n) is 2.19. The lowest BCUT2D eigenvalue weighted by Crippen LogP contribution is -2.06. The second kappa shape index (κ2) is 7.15. The van der Waals surface area contributed by atoms with Gasteiger partial charge in [0.2, 0.25) is 0 Å². The topological polar surface area (TPSA) is 80.6 Å². The first-order chi connectivity index (χ1) is 9.08. The molecule has 7 heteroatoms. The first-order valence-electron chi connectivity index (χ1n) is 5.84. The number of nitriles is 1. The molecule has 0 aromatic heterocycles. The van der Waals surface area contributed by atoms with Gasteiger partial charge in [-0.05, 0) is 26.0 Å². The lowest BCUT2D eigenvalue weighted by Gasteiger charge is -2.20. The maximum atomic E-state index is 12.3. The number of ether oxygens (including phenoxy) is 1. The van der Waals surface area contributed by atoms with Gasteiger partial charge in [-0.25, -0.2) is 4.57 Å². The molecule has 0 aliphatic carbocycles. The fraction of sp³-hybridized carbons (Fsp3) is 0.417. The SMILES string of the molecule is CCOP(=O)(Nc1ccc(C#N)cc1OC)OCC. The van der Waals surface area contributed by atoms with Crippen LogP contribution in [0.15, 0.2) is 18.2 Å². The Kier molecular flexibility index (Phi) is 5.84.